The van der Waals surface area contributed by atoms with Gasteiger partial charge in [-0.25, -0.2) is 0 Å². The SMILES string of the molecule is CCn1cc(C(O)c2ccc(OC3CC3)cc2)cn1. The first kappa shape index (κ1) is 12.2. The van der Waals surface area contributed by atoms with Gasteiger partial charge in [-0.3, -0.25) is 4.68 Å². The van der Waals surface area contributed by atoms with Crippen molar-refractivity contribution in [3.05, 3.63) is 47.8 Å². The van der Waals surface area contributed by atoms with Crippen molar-refractivity contribution in [2.24, 2.45) is 0 Å². The van der Waals surface area contributed by atoms with Gasteiger partial charge < -0.3 is 9.84 Å². The highest BCUT2D eigenvalue weighted by Crippen LogP contribution is 2.28. The van der Waals surface area contributed by atoms with Gasteiger partial charge in [-0.1, -0.05) is 12.1 Å². The lowest BCUT2D eigenvalue weighted by Crippen LogP contribution is -2.00. The van der Waals surface area contributed by atoms with Crippen molar-refractivity contribution in [2.75, 3.05) is 0 Å². The van der Waals surface area contributed by atoms with Crippen LogP contribution in [0.1, 0.15) is 37.0 Å². The summed E-state index contributed by atoms with van der Waals surface area (Å²) in [5, 5.41) is 14.5. The molecule has 1 aromatic heterocycles. The summed E-state index contributed by atoms with van der Waals surface area (Å²) in [7, 11) is 0. The van der Waals surface area contributed by atoms with Gasteiger partial charge >= 0.3 is 0 Å². The Morgan fingerprint density at radius 1 is 1.32 bits per heavy atom. The van der Waals surface area contributed by atoms with E-state index in [2.05, 4.69) is 5.10 Å². The molecule has 1 aliphatic carbocycles. The number of rotatable bonds is 5. The van der Waals surface area contributed by atoms with E-state index in [0.717, 1.165) is 36.3 Å². The molecule has 0 radical (unpaired) electrons. The van der Waals surface area contributed by atoms with Gasteiger partial charge in [0.1, 0.15) is 11.9 Å². The van der Waals surface area contributed by atoms with Crippen molar-refractivity contribution < 1.29 is 9.84 Å². The van der Waals surface area contributed by atoms with Gasteiger partial charge in [0, 0.05) is 18.3 Å². The molecule has 4 nitrogen and oxygen atoms in total. The molecule has 1 saturated carbocycles. The Morgan fingerprint density at radius 3 is 2.63 bits per heavy atom. The molecule has 4 heteroatoms. The molecule has 0 bridgehead atoms. The fourth-order valence-corrected chi connectivity index (χ4v) is 1.99. The molecule has 1 aromatic carbocycles. The van der Waals surface area contributed by atoms with Crippen molar-refractivity contribution in [3.8, 4) is 5.75 Å². The lowest BCUT2D eigenvalue weighted by Gasteiger charge is -2.10. The number of aromatic nitrogens is 2. The van der Waals surface area contributed by atoms with E-state index < -0.39 is 6.10 Å². The molecule has 1 N–H and O–H groups in total. The molecule has 2 aromatic rings. The second-order valence-corrected chi connectivity index (χ2v) is 4.92. The Bertz CT molecular complexity index is 544. The minimum absolute atomic E-state index is 0.401. The van der Waals surface area contributed by atoms with E-state index in [-0.39, 0.29) is 0 Å². The Morgan fingerprint density at radius 2 is 2.05 bits per heavy atom. The van der Waals surface area contributed by atoms with Crippen molar-refractivity contribution in [1.29, 1.82) is 0 Å². The van der Waals surface area contributed by atoms with E-state index in [1.165, 1.54) is 0 Å². The third-order valence-corrected chi connectivity index (χ3v) is 3.32. The number of hydrogen-bond acceptors (Lipinski definition) is 3. The van der Waals surface area contributed by atoms with Gasteiger partial charge in [-0.15, -0.1) is 0 Å². The van der Waals surface area contributed by atoms with Gasteiger partial charge in [-0.2, -0.15) is 5.10 Å². The van der Waals surface area contributed by atoms with E-state index in [1.54, 1.807) is 6.20 Å². The van der Waals surface area contributed by atoms with Crippen LogP contribution in [-0.4, -0.2) is 21.0 Å². The number of benzene rings is 1. The topological polar surface area (TPSA) is 47.3 Å². The maximum absolute atomic E-state index is 10.3. The van der Waals surface area contributed by atoms with Gasteiger partial charge in [0.15, 0.2) is 0 Å². The molecule has 1 atom stereocenters. The van der Waals surface area contributed by atoms with Crippen LogP contribution in [0.5, 0.6) is 5.75 Å². The Labute approximate surface area is 112 Å². The summed E-state index contributed by atoms with van der Waals surface area (Å²) in [6.45, 7) is 2.83. The normalized spacial score (nSPS) is 16.3. The highest BCUT2D eigenvalue weighted by molar-refractivity contribution is 5.33. The number of aliphatic hydroxyl groups excluding tert-OH is 1. The Hall–Kier alpha value is -1.81. The van der Waals surface area contributed by atoms with Crippen molar-refractivity contribution >= 4 is 0 Å². The monoisotopic (exact) mass is 258 g/mol. The minimum atomic E-state index is -0.629. The zero-order valence-corrected chi connectivity index (χ0v) is 11.0. The Kier molecular flexibility index (Phi) is 3.25. The van der Waals surface area contributed by atoms with Crippen LogP contribution in [0.2, 0.25) is 0 Å². The van der Waals surface area contributed by atoms with E-state index in [9.17, 15) is 5.11 Å². The molecule has 19 heavy (non-hydrogen) atoms. The number of aliphatic hydroxyl groups is 1. The molecule has 0 spiro atoms. The summed E-state index contributed by atoms with van der Waals surface area (Å²) >= 11 is 0. The van der Waals surface area contributed by atoms with Crippen molar-refractivity contribution in [1.82, 2.24) is 9.78 Å². The van der Waals surface area contributed by atoms with Crippen molar-refractivity contribution in [2.45, 2.75) is 38.5 Å². The van der Waals surface area contributed by atoms with Crippen LogP contribution in [0.15, 0.2) is 36.7 Å². The molecule has 0 aliphatic heterocycles. The number of hydrogen-bond donors (Lipinski definition) is 1. The second kappa shape index (κ2) is 5.05. The highest BCUT2D eigenvalue weighted by Gasteiger charge is 2.23. The molecule has 1 unspecified atom stereocenters. The fraction of sp³-hybridized carbons (Fsp3) is 0.400. The van der Waals surface area contributed by atoms with Gasteiger partial charge in [-0.05, 0) is 37.5 Å². The average molecular weight is 258 g/mol. The first-order chi connectivity index (χ1) is 9.26. The van der Waals surface area contributed by atoms with E-state index in [1.807, 2.05) is 42.1 Å². The molecule has 100 valence electrons. The summed E-state index contributed by atoms with van der Waals surface area (Å²) in [4.78, 5) is 0. The number of aryl methyl sites for hydroxylation is 1. The van der Waals surface area contributed by atoms with Crippen LogP contribution in [0.4, 0.5) is 0 Å². The molecule has 1 fully saturated rings. The summed E-state index contributed by atoms with van der Waals surface area (Å²) < 4.78 is 7.50. The number of nitrogens with zero attached hydrogens (tertiary/aromatic N) is 2. The number of ether oxygens (including phenoxy) is 1. The maximum Gasteiger partial charge on any atom is 0.119 e. The van der Waals surface area contributed by atoms with E-state index >= 15 is 0 Å². The quantitative estimate of drug-likeness (QED) is 0.896. The molecule has 1 heterocycles. The van der Waals surface area contributed by atoms with E-state index in [0.29, 0.717) is 6.10 Å². The van der Waals surface area contributed by atoms with Crippen molar-refractivity contribution in [3.63, 3.8) is 0 Å². The van der Waals surface area contributed by atoms with Crippen LogP contribution >= 0.6 is 0 Å². The fourth-order valence-electron chi connectivity index (χ4n) is 1.99. The average Bonchev–Trinajstić information content (AvgIpc) is 3.12. The first-order valence-electron chi connectivity index (χ1n) is 6.73. The third-order valence-electron chi connectivity index (χ3n) is 3.32. The molecular formula is C15H18N2O2. The minimum Gasteiger partial charge on any atom is -0.490 e. The summed E-state index contributed by atoms with van der Waals surface area (Å²) in [5.41, 5.74) is 1.68. The zero-order valence-electron chi connectivity index (χ0n) is 11.0. The maximum atomic E-state index is 10.3. The lowest BCUT2D eigenvalue weighted by molar-refractivity contribution is 0.220. The molecular weight excluding hydrogens is 240 g/mol. The van der Waals surface area contributed by atoms with Crippen LogP contribution in [0.3, 0.4) is 0 Å². The molecule has 1 aliphatic rings. The van der Waals surface area contributed by atoms with Gasteiger partial charge in [0.05, 0.1) is 12.3 Å². The van der Waals surface area contributed by atoms with Gasteiger partial charge in [0.2, 0.25) is 0 Å². The zero-order chi connectivity index (χ0) is 13.2. The van der Waals surface area contributed by atoms with Crippen LogP contribution < -0.4 is 4.74 Å². The second-order valence-electron chi connectivity index (χ2n) is 4.92. The van der Waals surface area contributed by atoms with Crippen LogP contribution in [-0.2, 0) is 6.54 Å². The van der Waals surface area contributed by atoms with Crippen LogP contribution in [0.25, 0.3) is 0 Å². The summed E-state index contributed by atoms with van der Waals surface area (Å²) in [6.07, 6.45) is 5.66. The molecule has 0 amide bonds. The third kappa shape index (κ3) is 2.79. The van der Waals surface area contributed by atoms with E-state index in [4.69, 9.17) is 4.74 Å². The summed E-state index contributed by atoms with van der Waals surface area (Å²) in [6, 6.07) is 7.65. The first-order valence-corrected chi connectivity index (χ1v) is 6.73. The largest absolute Gasteiger partial charge is 0.490 e. The smallest absolute Gasteiger partial charge is 0.119 e. The standard InChI is InChI=1S/C15H18N2O2/c1-2-17-10-12(9-16-17)15(18)11-3-5-13(6-4-11)19-14-7-8-14/h3-6,9-10,14-15,18H,2,7-8H2,1H3. The highest BCUT2D eigenvalue weighted by atomic mass is 16.5. The lowest BCUT2D eigenvalue weighted by atomic mass is 10.0. The molecule has 3 rings (SSSR count). The summed E-state index contributed by atoms with van der Waals surface area (Å²) in [5.74, 6) is 0.878. The van der Waals surface area contributed by atoms with Crippen LogP contribution in [0, 0.1) is 0 Å². The Balaban J connectivity index is 1.73. The predicted octanol–water partition coefficient (Wildman–Crippen LogP) is 2.53. The predicted molar refractivity (Wildman–Crippen MR) is 72.1 cm³/mol. The molecule has 0 saturated heterocycles. The van der Waals surface area contributed by atoms with Gasteiger partial charge in [0.25, 0.3) is 0 Å².